The van der Waals surface area contributed by atoms with Crippen molar-refractivity contribution in [2.75, 3.05) is 23.0 Å². The van der Waals surface area contributed by atoms with Gasteiger partial charge in [0.25, 0.3) is 0 Å². The number of amides is 2. The van der Waals surface area contributed by atoms with Gasteiger partial charge < -0.3 is 10.4 Å². The average Bonchev–Trinajstić information content (AvgIpc) is 3.27. The Morgan fingerprint density at radius 2 is 2.03 bits per heavy atom. The fraction of sp³-hybridized carbons (Fsp3) is 0.500. The summed E-state index contributed by atoms with van der Waals surface area (Å²) in [6.45, 7) is 1.71. The van der Waals surface area contributed by atoms with Gasteiger partial charge in [-0.15, -0.1) is 21.5 Å². The number of rotatable bonds is 10. The number of hydrogen-bond acceptors (Lipinski definition) is 9. The first kappa shape index (κ1) is 23.0. The van der Waals surface area contributed by atoms with Crippen LogP contribution < -0.4 is 22.0 Å². The zero-order chi connectivity index (χ0) is 22.4. The van der Waals surface area contributed by atoms with Crippen molar-refractivity contribution >= 4 is 45.9 Å². The lowest BCUT2D eigenvalue weighted by Gasteiger charge is -2.14. The zero-order valence-electron chi connectivity index (χ0n) is 17.1. The van der Waals surface area contributed by atoms with Crippen LogP contribution in [0.25, 0.3) is 0 Å². The van der Waals surface area contributed by atoms with Crippen LogP contribution in [0.3, 0.4) is 0 Å². The van der Waals surface area contributed by atoms with E-state index >= 15 is 0 Å². The van der Waals surface area contributed by atoms with E-state index in [0.29, 0.717) is 23.9 Å². The molecule has 0 aromatic carbocycles. The van der Waals surface area contributed by atoms with Gasteiger partial charge in [-0.1, -0.05) is 11.8 Å². The quantitative estimate of drug-likeness (QED) is 0.147. The first-order valence-electron chi connectivity index (χ1n) is 9.82. The van der Waals surface area contributed by atoms with Crippen molar-refractivity contribution in [1.82, 2.24) is 20.3 Å². The van der Waals surface area contributed by atoms with E-state index in [0.717, 1.165) is 48.0 Å². The summed E-state index contributed by atoms with van der Waals surface area (Å²) in [6, 6.07) is 0. The van der Waals surface area contributed by atoms with Crippen molar-refractivity contribution in [3.8, 4) is 0 Å². The Morgan fingerprint density at radius 3 is 2.74 bits per heavy atom. The van der Waals surface area contributed by atoms with E-state index in [4.69, 9.17) is 10.9 Å². The Bertz CT molecular complexity index is 973. The van der Waals surface area contributed by atoms with Crippen LogP contribution >= 0.6 is 23.1 Å². The molecule has 2 aromatic rings. The number of nitrogens with zero attached hydrogens (tertiary/aromatic N) is 3. The minimum atomic E-state index is -0.857. The van der Waals surface area contributed by atoms with E-state index in [1.807, 2.05) is 0 Å². The smallest absolute Gasteiger partial charge is 0.305 e. The van der Waals surface area contributed by atoms with E-state index < -0.39 is 5.97 Å². The van der Waals surface area contributed by atoms with Gasteiger partial charge >= 0.3 is 5.97 Å². The molecule has 1 aliphatic rings. The highest BCUT2D eigenvalue weighted by Crippen LogP contribution is 2.39. The molecule has 0 unspecified atom stereocenters. The molecule has 0 radical (unpaired) electrons. The number of aromatic nitrogens is 3. The maximum atomic E-state index is 11.8. The van der Waals surface area contributed by atoms with E-state index in [1.54, 1.807) is 11.3 Å². The van der Waals surface area contributed by atoms with Gasteiger partial charge in [-0.2, -0.15) is 0 Å². The van der Waals surface area contributed by atoms with E-state index in [2.05, 4.69) is 26.4 Å². The van der Waals surface area contributed by atoms with Crippen LogP contribution in [-0.4, -0.2) is 50.1 Å². The summed E-state index contributed by atoms with van der Waals surface area (Å²) in [7, 11) is 0. The van der Waals surface area contributed by atoms with Gasteiger partial charge in [0.1, 0.15) is 0 Å². The molecule has 2 heterocycles. The molecule has 2 aromatic heterocycles. The molecule has 0 saturated heterocycles. The molecule has 31 heavy (non-hydrogen) atoms. The normalized spacial score (nSPS) is 12.8. The van der Waals surface area contributed by atoms with Crippen LogP contribution in [0, 0.1) is 0 Å². The highest BCUT2D eigenvalue weighted by Gasteiger charge is 2.24. The van der Waals surface area contributed by atoms with Crippen LogP contribution in [0.2, 0.25) is 0 Å². The number of nitrogens with one attached hydrogen (secondary N) is 3. The number of fused-ring (bicyclic) bond motifs is 1. The summed E-state index contributed by atoms with van der Waals surface area (Å²) in [5.74, 6) is 4.16. The maximum Gasteiger partial charge on any atom is 0.305 e. The van der Waals surface area contributed by atoms with Gasteiger partial charge in [-0.3, -0.25) is 25.2 Å². The van der Waals surface area contributed by atoms with Gasteiger partial charge in [-0.25, -0.2) is 10.5 Å². The topological polar surface area (TPSA) is 164 Å². The van der Waals surface area contributed by atoms with E-state index in [-0.39, 0.29) is 24.0 Å². The molecule has 11 nitrogen and oxygen atoms in total. The first-order chi connectivity index (χ1) is 14.9. The van der Waals surface area contributed by atoms with Crippen molar-refractivity contribution in [2.45, 2.75) is 50.6 Å². The monoisotopic (exact) mass is 467 g/mol. The minimum absolute atomic E-state index is 0.0219. The number of carboxylic acid groups (broad SMARTS) is 1. The van der Waals surface area contributed by atoms with Gasteiger partial charge in [0.2, 0.25) is 17.0 Å². The zero-order valence-corrected chi connectivity index (χ0v) is 18.7. The largest absolute Gasteiger partial charge is 0.481 e. The fourth-order valence-corrected chi connectivity index (χ4v) is 5.41. The highest BCUT2D eigenvalue weighted by atomic mass is 32.2. The number of hydrazine groups is 1. The number of anilines is 1. The van der Waals surface area contributed by atoms with Crippen molar-refractivity contribution in [3.05, 3.63) is 21.8 Å². The standard InChI is InChI=1S/C18H25N7O4S2/c1-10(26)24-25-14(22-23-18(25)30-9-15(27)21-19)8-12-11-4-2-3-5-13(11)31-17(12)20-7-6-16(28)29/h20H,2-9,19H2,1H3,(H,21,27)(H,24,26)(H,28,29). The van der Waals surface area contributed by atoms with Crippen LogP contribution in [0.15, 0.2) is 5.16 Å². The van der Waals surface area contributed by atoms with Gasteiger partial charge in [0.15, 0.2) is 5.82 Å². The number of carbonyl (C=O) groups excluding carboxylic acids is 2. The summed E-state index contributed by atoms with van der Waals surface area (Å²) in [5, 5.41) is 21.9. The molecule has 0 aliphatic heterocycles. The number of thiophene rings is 1. The SMILES string of the molecule is CC(=O)Nn1c(Cc2c(NCCC(=O)O)sc3c2CCCC3)nnc1SCC(=O)NN. The summed E-state index contributed by atoms with van der Waals surface area (Å²) >= 11 is 2.77. The lowest BCUT2D eigenvalue weighted by molar-refractivity contribution is -0.136. The summed E-state index contributed by atoms with van der Waals surface area (Å²) in [4.78, 5) is 35.4. The molecule has 1 aliphatic carbocycles. The molecule has 2 amide bonds. The fourth-order valence-electron chi connectivity index (χ4n) is 3.35. The Hall–Kier alpha value is -2.64. The van der Waals surface area contributed by atoms with E-state index in [1.165, 1.54) is 22.0 Å². The third-order valence-electron chi connectivity index (χ3n) is 4.70. The second kappa shape index (κ2) is 10.6. The van der Waals surface area contributed by atoms with Crippen LogP contribution in [0.5, 0.6) is 0 Å². The molecule has 13 heteroatoms. The van der Waals surface area contributed by atoms with Crippen LogP contribution in [-0.2, 0) is 33.6 Å². The molecule has 0 saturated carbocycles. The second-order valence-electron chi connectivity index (χ2n) is 7.02. The third kappa shape index (κ3) is 5.95. The predicted molar refractivity (Wildman–Crippen MR) is 118 cm³/mol. The van der Waals surface area contributed by atoms with Crippen LogP contribution in [0.1, 0.15) is 48.0 Å². The molecule has 0 atom stereocenters. The van der Waals surface area contributed by atoms with Crippen molar-refractivity contribution in [2.24, 2.45) is 5.84 Å². The van der Waals surface area contributed by atoms with Crippen molar-refractivity contribution in [1.29, 1.82) is 0 Å². The number of thioether (sulfide) groups is 1. The molecule has 0 spiro atoms. The summed E-state index contributed by atoms with van der Waals surface area (Å²) < 4.78 is 1.49. The molecule has 0 bridgehead atoms. The Balaban J connectivity index is 1.88. The Morgan fingerprint density at radius 1 is 1.26 bits per heavy atom. The first-order valence-corrected chi connectivity index (χ1v) is 11.6. The number of aryl methyl sites for hydroxylation is 1. The molecule has 3 rings (SSSR count). The molecule has 6 N–H and O–H groups in total. The minimum Gasteiger partial charge on any atom is -0.481 e. The number of carbonyl (C=O) groups is 3. The lowest BCUT2D eigenvalue weighted by atomic mass is 9.94. The molecule has 0 fully saturated rings. The van der Waals surface area contributed by atoms with Gasteiger partial charge in [0.05, 0.1) is 17.2 Å². The number of nitrogens with two attached hydrogens (primary N) is 1. The Labute approximate surface area is 187 Å². The Kier molecular flexibility index (Phi) is 7.87. The second-order valence-corrected chi connectivity index (χ2v) is 9.07. The van der Waals surface area contributed by atoms with Crippen molar-refractivity contribution < 1.29 is 19.5 Å². The lowest BCUT2D eigenvalue weighted by Crippen LogP contribution is -2.31. The average molecular weight is 468 g/mol. The highest BCUT2D eigenvalue weighted by molar-refractivity contribution is 7.99. The van der Waals surface area contributed by atoms with Gasteiger partial charge in [-0.05, 0) is 36.8 Å². The van der Waals surface area contributed by atoms with E-state index in [9.17, 15) is 14.4 Å². The molecular weight excluding hydrogens is 442 g/mol. The summed E-state index contributed by atoms with van der Waals surface area (Å²) in [6.07, 6.45) is 4.62. The number of aliphatic carboxylic acids is 1. The molecular formula is C18H25N7O4S2. The van der Waals surface area contributed by atoms with Gasteiger partial charge in [0, 0.05) is 24.8 Å². The summed E-state index contributed by atoms with van der Waals surface area (Å²) in [5.41, 5.74) is 7.09. The predicted octanol–water partition coefficient (Wildman–Crippen LogP) is 0.868. The maximum absolute atomic E-state index is 11.8. The molecule has 168 valence electrons. The number of hydrogen-bond donors (Lipinski definition) is 5. The third-order valence-corrected chi connectivity index (χ3v) is 6.92. The number of carboxylic acids is 1. The van der Waals surface area contributed by atoms with Crippen molar-refractivity contribution in [3.63, 3.8) is 0 Å². The van der Waals surface area contributed by atoms with Crippen LogP contribution in [0.4, 0.5) is 5.00 Å².